The van der Waals surface area contributed by atoms with Gasteiger partial charge in [-0.05, 0) is 24.5 Å². The number of alkyl halides is 3. The Morgan fingerprint density at radius 3 is 2.50 bits per heavy atom. The monoisotopic (exact) mass is 258 g/mol. The number of para-hydroxylation sites is 1. The van der Waals surface area contributed by atoms with Crippen LogP contribution < -0.4 is 10.9 Å². The van der Waals surface area contributed by atoms with Gasteiger partial charge in [-0.1, -0.05) is 19.1 Å². The summed E-state index contributed by atoms with van der Waals surface area (Å²) >= 11 is 0. The number of nitrogens with one attached hydrogen (secondary N) is 2. The van der Waals surface area contributed by atoms with Crippen LogP contribution in [0.1, 0.15) is 18.9 Å². The number of benzene rings is 1. The van der Waals surface area contributed by atoms with Crippen molar-refractivity contribution in [3.63, 3.8) is 0 Å². The van der Waals surface area contributed by atoms with E-state index in [2.05, 4.69) is 10.9 Å². The molecule has 6 heteroatoms. The van der Waals surface area contributed by atoms with Gasteiger partial charge in [0.15, 0.2) is 0 Å². The van der Waals surface area contributed by atoms with Gasteiger partial charge in [0.25, 0.3) is 0 Å². The first-order chi connectivity index (χ1) is 8.39. The molecule has 1 aliphatic carbocycles. The molecule has 18 heavy (non-hydrogen) atoms. The summed E-state index contributed by atoms with van der Waals surface area (Å²) in [6.07, 6.45) is -3.66. The van der Waals surface area contributed by atoms with Crippen LogP contribution in [0.3, 0.4) is 0 Å². The third-order valence-electron chi connectivity index (χ3n) is 3.00. The zero-order valence-corrected chi connectivity index (χ0v) is 9.71. The smallest absolute Gasteiger partial charge is 0.298 e. The summed E-state index contributed by atoms with van der Waals surface area (Å²) < 4.78 is 38.0. The molecule has 2 rings (SSSR count). The van der Waals surface area contributed by atoms with Crippen molar-refractivity contribution >= 4 is 11.6 Å². The van der Waals surface area contributed by atoms with Gasteiger partial charge < -0.3 is 0 Å². The van der Waals surface area contributed by atoms with Crippen molar-refractivity contribution in [3.8, 4) is 0 Å². The Labute approximate surface area is 102 Å². The van der Waals surface area contributed by atoms with Crippen LogP contribution in [0.15, 0.2) is 24.3 Å². The molecule has 0 aliphatic heterocycles. The second-order valence-electron chi connectivity index (χ2n) is 4.48. The second kappa shape index (κ2) is 4.51. The molecular weight excluding hydrogens is 245 g/mol. The number of carbonyl (C=O) groups is 1. The minimum atomic E-state index is -4.44. The summed E-state index contributed by atoms with van der Waals surface area (Å²) in [7, 11) is 0. The quantitative estimate of drug-likeness (QED) is 0.818. The van der Waals surface area contributed by atoms with Gasteiger partial charge in [0, 0.05) is 5.92 Å². The molecule has 1 amide bonds. The van der Waals surface area contributed by atoms with Crippen molar-refractivity contribution in [2.45, 2.75) is 19.5 Å². The predicted octanol–water partition coefficient (Wildman–Crippen LogP) is 2.80. The number of hydrogen-bond acceptors (Lipinski definition) is 2. The molecule has 0 radical (unpaired) electrons. The molecule has 0 aromatic heterocycles. The van der Waals surface area contributed by atoms with Crippen molar-refractivity contribution < 1.29 is 18.0 Å². The number of carbonyl (C=O) groups excluding carboxylic acids is 1. The van der Waals surface area contributed by atoms with Gasteiger partial charge in [0.2, 0.25) is 5.91 Å². The van der Waals surface area contributed by atoms with E-state index < -0.39 is 11.7 Å². The Hall–Kier alpha value is -1.72. The number of amides is 1. The summed E-state index contributed by atoms with van der Waals surface area (Å²) in [6.45, 7) is 1.92. The van der Waals surface area contributed by atoms with Crippen LogP contribution in [0, 0.1) is 11.8 Å². The van der Waals surface area contributed by atoms with E-state index in [0.29, 0.717) is 5.92 Å². The van der Waals surface area contributed by atoms with Gasteiger partial charge >= 0.3 is 6.18 Å². The first kappa shape index (κ1) is 12.7. The molecular formula is C12H13F3N2O. The zero-order chi connectivity index (χ0) is 13.3. The largest absolute Gasteiger partial charge is 0.418 e. The maximum absolute atomic E-state index is 12.7. The minimum Gasteiger partial charge on any atom is -0.298 e. The van der Waals surface area contributed by atoms with Gasteiger partial charge in [-0.2, -0.15) is 13.2 Å². The van der Waals surface area contributed by atoms with Crippen molar-refractivity contribution in [3.05, 3.63) is 29.8 Å². The van der Waals surface area contributed by atoms with Crippen molar-refractivity contribution in [1.29, 1.82) is 0 Å². The lowest BCUT2D eigenvalue weighted by Gasteiger charge is -2.14. The Morgan fingerprint density at radius 1 is 1.33 bits per heavy atom. The highest BCUT2D eigenvalue weighted by Gasteiger charge is 2.39. The fourth-order valence-electron chi connectivity index (χ4n) is 1.75. The number of rotatable bonds is 3. The van der Waals surface area contributed by atoms with Crippen LogP contribution in [0.5, 0.6) is 0 Å². The number of hydrogen-bond donors (Lipinski definition) is 2. The van der Waals surface area contributed by atoms with Crippen molar-refractivity contribution in [2.24, 2.45) is 11.8 Å². The van der Waals surface area contributed by atoms with E-state index in [4.69, 9.17) is 0 Å². The Balaban J connectivity index is 2.03. The van der Waals surface area contributed by atoms with Crippen LogP contribution in [-0.2, 0) is 11.0 Å². The average molecular weight is 258 g/mol. The molecule has 0 heterocycles. The molecule has 1 saturated carbocycles. The van der Waals surface area contributed by atoms with E-state index in [1.54, 1.807) is 0 Å². The molecule has 2 atom stereocenters. The van der Waals surface area contributed by atoms with Crippen LogP contribution in [0.4, 0.5) is 18.9 Å². The van der Waals surface area contributed by atoms with E-state index in [9.17, 15) is 18.0 Å². The van der Waals surface area contributed by atoms with Gasteiger partial charge in [0.1, 0.15) is 0 Å². The molecule has 1 aliphatic rings. The molecule has 1 aromatic carbocycles. The van der Waals surface area contributed by atoms with Gasteiger partial charge in [0.05, 0.1) is 11.3 Å². The summed E-state index contributed by atoms with van der Waals surface area (Å²) in [5, 5.41) is 0. The maximum atomic E-state index is 12.7. The molecule has 2 N–H and O–H groups in total. The van der Waals surface area contributed by atoms with Crippen LogP contribution in [-0.4, -0.2) is 5.91 Å². The lowest BCUT2D eigenvalue weighted by Crippen LogP contribution is -2.32. The second-order valence-corrected chi connectivity index (χ2v) is 4.48. The third-order valence-corrected chi connectivity index (χ3v) is 3.00. The molecule has 2 unspecified atom stereocenters. The minimum absolute atomic E-state index is 0.0875. The highest BCUT2D eigenvalue weighted by atomic mass is 19.4. The molecule has 1 fully saturated rings. The SMILES string of the molecule is CC1CC1C(=O)NNc1ccccc1C(F)(F)F. The van der Waals surface area contributed by atoms with Gasteiger partial charge in [-0.15, -0.1) is 0 Å². The summed E-state index contributed by atoms with van der Waals surface area (Å²) in [4.78, 5) is 11.5. The Kier molecular flexibility index (Phi) is 3.19. The number of hydrazine groups is 1. The van der Waals surface area contributed by atoms with Crippen LogP contribution >= 0.6 is 0 Å². The zero-order valence-electron chi connectivity index (χ0n) is 9.71. The lowest BCUT2D eigenvalue weighted by atomic mass is 10.2. The summed E-state index contributed by atoms with van der Waals surface area (Å²) in [5.41, 5.74) is 3.71. The molecule has 98 valence electrons. The topological polar surface area (TPSA) is 41.1 Å². The number of halogens is 3. The first-order valence-corrected chi connectivity index (χ1v) is 5.61. The van der Waals surface area contributed by atoms with Crippen molar-refractivity contribution in [2.75, 3.05) is 5.43 Å². The summed E-state index contributed by atoms with van der Waals surface area (Å²) in [6, 6.07) is 5.02. The highest BCUT2D eigenvalue weighted by Crippen LogP contribution is 2.38. The summed E-state index contributed by atoms with van der Waals surface area (Å²) in [5.74, 6) is -0.0420. The predicted molar refractivity (Wildman–Crippen MR) is 60.5 cm³/mol. The van der Waals surface area contributed by atoms with E-state index in [0.717, 1.165) is 12.5 Å². The van der Waals surface area contributed by atoms with E-state index >= 15 is 0 Å². The van der Waals surface area contributed by atoms with Gasteiger partial charge in [-0.3, -0.25) is 15.6 Å². The standard InChI is InChI=1S/C12H13F3N2O/c1-7-6-8(7)11(18)17-16-10-5-3-2-4-9(10)12(13,14)15/h2-5,7-8,16H,6H2,1H3,(H,17,18). The molecule has 0 bridgehead atoms. The fraction of sp³-hybridized carbons (Fsp3) is 0.417. The van der Waals surface area contributed by atoms with E-state index in [1.165, 1.54) is 18.2 Å². The molecule has 0 spiro atoms. The maximum Gasteiger partial charge on any atom is 0.418 e. The van der Waals surface area contributed by atoms with Gasteiger partial charge in [-0.25, -0.2) is 0 Å². The number of anilines is 1. The van der Waals surface area contributed by atoms with E-state index in [-0.39, 0.29) is 17.5 Å². The fourth-order valence-corrected chi connectivity index (χ4v) is 1.75. The van der Waals surface area contributed by atoms with Crippen LogP contribution in [0.2, 0.25) is 0 Å². The molecule has 3 nitrogen and oxygen atoms in total. The molecule has 0 saturated heterocycles. The highest BCUT2D eigenvalue weighted by molar-refractivity contribution is 5.82. The normalized spacial score (nSPS) is 22.4. The Morgan fingerprint density at radius 2 is 1.94 bits per heavy atom. The first-order valence-electron chi connectivity index (χ1n) is 5.61. The van der Waals surface area contributed by atoms with Crippen LogP contribution in [0.25, 0.3) is 0 Å². The third kappa shape index (κ3) is 2.75. The lowest BCUT2D eigenvalue weighted by molar-refractivity contribution is -0.137. The van der Waals surface area contributed by atoms with E-state index in [1.807, 2.05) is 6.92 Å². The average Bonchev–Trinajstić information content (AvgIpc) is 3.02. The Bertz CT molecular complexity index is 459. The molecule has 1 aromatic rings. The van der Waals surface area contributed by atoms with Crippen molar-refractivity contribution in [1.82, 2.24) is 5.43 Å².